The Balaban J connectivity index is 2.39. The van der Waals surface area contributed by atoms with Crippen LogP contribution in [0.25, 0.3) is 0 Å². The predicted molar refractivity (Wildman–Crippen MR) is 63.7 cm³/mol. The molecule has 18 heavy (non-hydrogen) atoms. The Morgan fingerprint density at radius 1 is 1.61 bits per heavy atom. The molecule has 0 aliphatic carbocycles. The molecule has 1 saturated heterocycles. The molecule has 6 nitrogen and oxygen atoms in total. The fraction of sp³-hybridized carbons (Fsp3) is 0.583. The predicted octanol–water partition coefficient (Wildman–Crippen LogP) is 0.804. The molecule has 1 aromatic heterocycles. The van der Waals surface area contributed by atoms with Crippen LogP contribution in [0, 0.1) is 5.92 Å². The molecule has 2 heterocycles. The minimum absolute atomic E-state index is 0.0175. The maximum absolute atomic E-state index is 11.9. The molecule has 2 atom stereocenters. The standard InChI is InChI=1S/C12H17N3O3/c1-3-15-10(16)5-4-9(12(17)18)11(15)8-6-13-14(2)7-8/h6-7,9,11H,3-5H2,1-2H3,(H,17,18). The summed E-state index contributed by atoms with van der Waals surface area (Å²) in [5.74, 6) is -1.38. The van der Waals surface area contributed by atoms with Gasteiger partial charge in [-0.25, -0.2) is 0 Å². The number of piperidine rings is 1. The lowest BCUT2D eigenvalue weighted by Crippen LogP contribution is -2.45. The van der Waals surface area contributed by atoms with Gasteiger partial charge >= 0.3 is 5.97 Å². The molecule has 98 valence electrons. The topological polar surface area (TPSA) is 75.4 Å². The molecule has 0 saturated carbocycles. The van der Waals surface area contributed by atoms with E-state index in [0.717, 1.165) is 5.56 Å². The second-order valence-corrected chi connectivity index (χ2v) is 4.56. The van der Waals surface area contributed by atoms with Crippen molar-refractivity contribution < 1.29 is 14.7 Å². The number of aromatic nitrogens is 2. The third kappa shape index (κ3) is 2.10. The van der Waals surface area contributed by atoms with Gasteiger partial charge in [-0.2, -0.15) is 5.10 Å². The first kappa shape index (κ1) is 12.6. The highest BCUT2D eigenvalue weighted by molar-refractivity contribution is 5.81. The number of aliphatic carboxylic acids is 1. The zero-order valence-corrected chi connectivity index (χ0v) is 10.5. The molecule has 0 radical (unpaired) electrons. The largest absolute Gasteiger partial charge is 0.481 e. The number of carbonyl (C=O) groups is 2. The van der Waals surface area contributed by atoms with Gasteiger partial charge in [-0.15, -0.1) is 0 Å². The molecule has 6 heteroatoms. The Labute approximate surface area is 105 Å². The number of aryl methyl sites for hydroxylation is 1. The zero-order valence-electron chi connectivity index (χ0n) is 10.5. The van der Waals surface area contributed by atoms with E-state index in [2.05, 4.69) is 5.10 Å². The Bertz CT molecular complexity index is 467. The summed E-state index contributed by atoms with van der Waals surface area (Å²) in [4.78, 5) is 24.9. The molecule has 0 spiro atoms. The molecule has 2 rings (SSSR count). The van der Waals surface area contributed by atoms with Gasteiger partial charge in [0.15, 0.2) is 0 Å². The van der Waals surface area contributed by atoms with Crippen molar-refractivity contribution in [3.05, 3.63) is 18.0 Å². The first-order valence-corrected chi connectivity index (χ1v) is 6.05. The van der Waals surface area contributed by atoms with Gasteiger partial charge in [-0.3, -0.25) is 14.3 Å². The molecule has 1 amide bonds. The van der Waals surface area contributed by atoms with Crippen LogP contribution in [0.4, 0.5) is 0 Å². The van der Waals surface area contributed by atoms with E-state index in [1.165, 1.54) is 0 Å². The van der Waals surface area contributed by atoms with Gasteiger partial charge in [-0.05, 0) is 13.3 Å². The number of carbonyl (C=O) groups excluding carboxylic acids is 1. The van der Waals surface area contributed by atoms with Crippen LogP contribution in [0.2, 0.25) is 0 Å². The van der Waals surface area contributed by atoms with Gasteiger partial charge in [0, 0.05) is 31.8 Å². The SMILES string of the molecule is CCN1C(=O)CCC(C(=O)O)C1c1cnn(C)c1. The van der Waals surface area contributed by atoms with Crippen molar-refractivity contribution in [2.24, 2.45) is 13.0 Å². The number of amides is 1. The van der Waals surface area contributed by atoms with E-state index in [1.807, 2.05) is 6.92 Å². The van der Waals surface area contributed by atoms with Crippen molar-refractivity contribution in [3.8, 4) is 0 Å². The summed E-state index contributed by atoms with van der Waals surface area (Å²) in [7, 11) is 1.78. The van der Waals surface area contributed by atoms with Crippen molar-refractivity contribution >= 4 is 11.9 Å². The third-order valence-electron chi connectivity index (χ3n) is 3.43. The monoisotopic (exact) mass is 251 g/mol. The normalized spacial score (nSPS) is 24.3. The Hall–Kier alpha value is -1.85. The van der Waals surface area contributed by atoms with Gasteiger partial charge in [0.05, 0.1) is 18.2 Å². The van der Waals surface area contributed by atoms with Crippen LogP contribution < -0.4 is 0 Å². The summed E-state index contributed by atoms with van der Waals surface area (Å²) in [5.41, 5.74) is 0.791. The van der Waals surface area contributed by atoms with Crippen LogP contribution in [-0.4, -0.2) is 38.2 Å². The number of nitrogens with zero attached hydrogens (tertiary/aromatic N) is 3. The maximum atomic E-state index is 11.9. The fourth-order valence-corrected chi connectivity index (χ4v) is 2.59. The molecule has 1 N–H and O–H groups in total. The molecular formula is C12H17N3O3. The van der Waals surface area contributed by atoms with E-state index < -0.39 is 17.9 Å². The first-order chi connectivity index (χ1) is 8.54. The molecule has 0 aromatic carbocycles. The third-order valence-corrected chi connectivity index (χ3v) is 3.43. The van der Waals surface area contributed by atoms with Crippen LogP contribution in [0.5, 0.6) is 0 Å². The van der Waals surface area contributed by atoms with E-state index in [4.69, 9.17) is 0 Å². The average Bonchev–Trinajstić information content (AvgIpc) is 2.74. The molecule has 1 aliphatic heterocycles. The van der Waals surface area contributed by atoms with Gasteiger partial charge in [0.25, 0.3) is 0 Å². The second-order valence-electron chi connectivity index (χ2n) is 4.56. The molecule has 1 aromatic rings. The lowest BCUT2D eigenvalue weighted by Gasteiger charge is -2.38. The van der Waals surface area contributed by atoms with E-state index in [9.17, 15) is 14.7 Å². The quantitative estimate of drug-likeness (QED) is 0.862. The summed E-state index contributed by atoms with van der Waals surface area (Å²) < 4.78 is 1.63. The Kier molecular flexibility index (Phi) is 3.36. The van der Waals surface area contributed by atoms with Crippen LogP contribution >= 0.6 is 0 Å². The lowest BCUT2D eigenvalue weighted by atomic mass is 9.85. The van der Waals surface area contributed by atoms with Gasteiger partial charge in [0.1, 0.15) is 0 Å². The highest BCUT2D eigenvalue weighted by atomic mass is 16.4. The highest BCUT2D eigenvalue weighted by Crippen LogP contribution is 2.36. The van der Waals surface area contributed by atoms with E-state index in [0.29, 0.717) is 19.4 Å². The van der Waals surface area contributed by atoms with Crippen LogP contribution in [-0.2, 0) is 16.6 Å². The first-order valence-electron chi connectivity index (χ1n) is 6.05. The number of carboxylic acid groups (broad SMARTS) is 1. The summed E-state index contributed by atoms with van der Waals surface area (Å²) >= 11 is 0. The van der Waals surface area contributed by atoms with Gasteiger partial charge in [-0.1, -0.05) is 0 Å². The van der Waals surface area contributed by atoms with E-state index in [-0.39, 0.29) is 5.91 Å². The number of rotatable bonds is 3. The summed E-state index contributed by atoms with van der Waals surface area (Å²) in [6.45, 7) is 2.38. The Morgan fingerprint density at radius 2 is 2.33 bits per heavy atom. The maximum Gasteiger partial charge on any atom is 0.308 e. The Morgan fingerprint density at radius 3 is 2.83 bits per heavy atom. The number of carboxylic acids is 1. The average molecular weight is 251 g/mol. The molecule has 1 aliphatic rings. The number of likely N-dealkylation sites (tertiary alicyclic amines) is 1. The van der Waals surface area contributed by atoms with E-state index >= 15 is 0 Å². The van der Waals surface area contributed by atoms with E-state index in [1.54, 1.807) is 29.0 Å². The number of hydrogen-bond donors (Lipinski definition) is 1. The van der Waals surface area contributed by atoms with Crippen molar-refractivity contribution in [2.75, 3.05) is 6.54 Å². The summed E-state index contributed by atoms with van der Waals surface area (Å²) in [6.07, 6.45) is 4.12. The van der Waals surface area contributed by atoms with Gasteiger partial charge < -0.3 is 10.0 Å². The fourth-order valence-electron chi connectivity index (χ4n) is 2.59. The van der Waals surface area contributed by atoms with Crippen molar-refractivity contribution in [1.29, 1.82) is 0 Å². The minimum atomic E-state index is -0.852. The second kappa shape index (κ2) is 4.80. The van der Waals surface area contributed by atoms with Crippen molar-refractivity contribution in [2.45, 2.75) is 25.8 Å². The molecule has 1 fully saturated rings. The van der Waals surface area contributed by atoms with Crippen LogP contribution in [0.1, 0.15) is 31.4 Å². The van der Waals surface area contributed by atoms with Crippen molar-refractivity contribution in [3.63, 3.8) is 0 Å². The zero-order chi connectivity index (χ0) is 13.3. The summed E-state index contributed by atoms with van der Waals surface area (Å²) in [5, 5.41) is 13.4. The van der Waals surface area contributed by atoms with Gasteiger partial charge in [0.2, 0.25) is 5.91 Å². The minimum Gasteiger partial charge on any atom is -0.481 e. The number of hydrogen-bond acceptors (Lipinski definition) is 3. The van der Waals surface area contributed by atoms with Crippen LogP contribution in [0.15, 0.2) is 12.4 Å². The molecule has 2 unspecified atom stereocenters. The molecule has 0 bridgehead atoms. The molecular weight excluding hydrogens is 234 g/mol. The smallest absolute Gasteiger partial charge is 0.308 e. The van der Waals surface area contributed by atoms with Crippen molar-refractivity contribution in [1.82, 2.24) is 14.7 Å². The summed E-state index contributed by atoms with van der Waals surface area (Å²) in [6, 6.07) is -0.401. The van der Waals surface area contributed by atoms with Crippen LogP contribution in [0.3, 0.4) is 0 Å². The highest BCUT2D eigenvalue weighted by Gasteiger charge is 2.40. The lowest BCUT2D eigenvalue weighted by molar-refractivity contribution is -0.151.